The zero-order chi connectivity index (χ0) is 14.1. The van der Waals surface area contributed by atoms with Crippen LogP contribution in [0.5, 0.6) is 5.75 Å². The Balaban J connectivity index is 0.00000361. The van der Waals surface area contributed by atoms with Crippen LogP contribution in [-0.4, -0.2) is 31.6 Å². The van der Waals surface area contributed by atoms with Crippen LogP contribution in [-0.2, 0) is 6.42 Å². The molecule has 0 aliphatic carbocycles. The topological polar surface area (TPSA) is 12.5 Å². The maximum Gasteiger partial charge on any atom is 0.119 e. The molecule has 0 saturated carbocycles. The molecule has 0 bridgehead atoms. The van der Waals surface area contributed by atoms with E-state index in [1.807, 2.05) is 0 Å². The van der Waals surface area contributed by atoms with Crippen LogP contribution in [0.4, 0.5) is 0 Å². The van der Waals surface area contributed by atoms with Crippen LogP contribution in [0.2, 0.25) is 0 Å². The Bertz CT molecular complexity index is 337. The van der Waals surface area contributed by atoms with E-state index in [9.17, 15) is 0 Å². The number of aryl methyl sites for hydroxylation is 1. The van der Waals surface area contributed by atoms with Gasteiger partial charge in [-0.1, -0.05) is 32.4 Å². The van der Waals surface area contributed by atoms with Gasteiger partial charge in [0.15, 0.2) is 0 Å². The molecular formula is C17H30ClNO. The molecule has 0 spiro atoms. The van der Waals surface area contributed by atoms with Crippen LogP contribution in [0, 0.1) is 0 Å². The zero-order valence-electron chi connectivity index (χ0n) is 13.4. The standard InChI is InChI=1S/C17H29NO.ClH/c1-5-7-14-19-17-12-9-15(10-13-17)8-11-16(6-2)18(3)4;/h9-10,12-13,16H,5-8,11,14H2,1-4H3;1H. The first-order chi connectivity index (χ1) is 9.17. The van der Waals surface area contributed by atoms with E-state index in [1.54, 1.807) is 0 Å². The SMILES string of the molecule is CCCCOc1ccc(CCC(CC)N(C)C)cc1.Cl. The summed E-state index contributed by atoms with van der Waals surface area (Å²) < 4.78 is 5.68. The Morgan fingerprint density at radius 1 is 1.10 bits per heavy atom. The van der Waals surface area contributed by atoms with E-state index >= 15 is 0 Å². The average Bonchev–Trinajstić information content (AvgIpc) is 2.41. The Morgan fingerprint density at radius 2 is 1.75 bits per heavy atom. The van der Waals surface area contributed by atoms with Crippen molar-refractivity contribution < 1.29 is 4.74 Å². The minimum absolute atomic E-state index is 0. The van der Waals surface area contributed by atoms with Crippen LogP contribution < -0.4 is 4.74 Å². The molecule has 0 N–H and O–H groups in total. The van der Waals surface area contributed by atoms with E-state index in [2.05, 4.69) is 57.1 Å². The van der Waals surface area contributed by atoms with Gasteiger partial charge in [-0.15, -0.1) is 12.4 Å². The fraction of sp³-hybridized carbons (Fsp3) is 0.647. The Morgan fingerprint density at radius 3 is 2.25 bits per heavy atom. The zero-order valence-corrected chi connectivity index (χ0v) is 14.2. The molecule has 0 saturated heterocycles. The van der Waals surface area contributed by atoms with Gasteiger partial charge >= 0.3 is 0 Å². The molecule has 1 aromatic carbocycles. The largest absolute Gasteiger partial charge is 0.494 e. The molecule has 20 heavy (non-hydrogen) atoms. The first kappa shape index (κ1) is 19.3. The Hall–Kier alpha value is -0.730. The summed E-state index contributed by atoms with van der Waals surface area (Å²) in [4.78, 5) is 2.32. The van der Waals surface area contributed by atoms with Gasteiger partial charge in [0.25, 0.3) is 0 Å². The fourth-order valence-electron chi connectivity index (χ4n) is 2.25. The summed E-state index contributed by atoms with van der Waals surface area (Å²) in [5.41, 5.74) is 1.41. The van der Waals surface area contributed by atoms with E-state index < -0.39 is 0 Å². The van der Waals surface area contributed by atoms with Crippen molar-refractivity contribution >= 4 is 12.4 Å². The summed E-state index contributed by atoms with van der Waals surface area (Å²) in [7, 11) is 4.33. The summed E-state index contributed by atoms with van der Waals surface area (Å²) in [6, 6.07) is 9.27. The molecule has 3 heteroatoms. The van der Waals surface area contributed by atoms with Gasteiger partial charge in [0, 0.05) is 6.04 Å². The Kier molecular flexibility index (Phi) is 10.6. The van der Waals surface area contributed by atoms with E-state index in [-0.39, 0.29) is 12.4 Å². The van der Waals surface area contributed by atoms with Crippen molar-refractivity contribution in [3.63, 3.8) is 0 Å². The summed E-state index contributed by atoms with van der Waals surface area (Å²) in [6.07, 6.45) is 5.89. The second-order valence-electron chi connectivity index (χ2n) is 5.41. The normalized spacial score (nSPS) is 12.1. The van der Waals surface area contributed by atoms with Gasteiger partial charge in [0.1, 0.15) is 5.75 Å². The Labute approximate surface area is 130 Å². The van der Waals surface area contributed by atoms with Gasteiger partial charge in [-0.3, -0.25) is 0 Å². The molecule has 1 rings (SSSR count). The molecule has 116 valence electrons. The molecule has 0 radical (unpaired) electrons. The first-order valence-corrected chi connectivity index (χ1v) is 7.55. The van der Waals surface area contributed by atoms with Gasteiger partial charge in [-0.25, -0.2) is 0 Å². The van der Waals surface area contributed by atoms with Gasteiger partial charge in [0.05, 0.1) is 6.61 Å². The number of benzene rings is 1. The van der Waals surface area contributed by atoms with E-state index in [0.29, 0.717) is 6.04 Å². The third-order valence-corrected chi connectivity index (χ3v) is 3.66. The number of nitrogens with zero attached hydrogens (tertiary/aromatic N) is 1. The lowest BCUT2D eigenvalue weighted by Gasteiger charge is -2.22. The molecular weight excluding hydrogens is 270 g/mol. The predicted molar refractivity (Wildman–Crippen MR) is 90.2 cm³/mol. The van der Waals surface area contributed by atoms with Crippen LogP contribution in [0.25, 0.3) is 0 Å². The maximum absolute atomic E-state index is 5.68. The molecule has 2 nitrogen and oxygen atoms in total. The van der Waals surface area contributed by atoms with Crippen molar-refractivity contribution in [2.45, 2.75) is 52.0 Å². The molecule has 0 aliphatic heterocycles. The minimum Gasteiger partial charge on any atom is -0.494 e. The molecule has 0 fully saturated rings. The number of ether oxygens (including phenoxy) is 1. The van der Waals surface area contributed by atoms with E-state index in [0.717, 1.165) is 25.2 Å². The summed E-state index contributed by atoms with van der Waals surface area (Å²) >= 11 is 0. The summed E-state index contributed by atoms with van der Waals surface area (Å²) in [5.74, 6) is 0.997. The predicted octanol–water partition coefficient (Wildman–Crippen LogP) is 4.56. The van der Waals surface area contributed by atoms with Gasteiger partial charge in [-0.2, -0.15) is 0 Å². The molecule has 1 aromatic rings. The van der Waals surface area contributed by atoms with E-state index in [4.69, 9.17) is 4.74 Å². The highest BCUT2D eigenvalue weighted by molar-refractivity contribution is 5.85. The van der Waals surface area contributed by atoms with Crippen LogP contribution in [0.3, 0.4) is 0 Å². The van der Waals surface area contributed by atoms with Gasteiger partial charge in [0.2, 0.25) is 0 Å². The summed E-state index contributed by atoms with van der Waals surface area (Å²) in [6.45, 7) is 5.27. The average molecular weight is 300 g/mol. The van der Waals surface area contributed by atoms with Crippen molar-refractivity contribution in [2.75, 3.05) is 20.7 Å². The van der Waals surface area contributed by atoms with Gasteiger partial charge in [-0.05, 0) is 57.5 Å². The smallest absolute Gasteiger partial charge is 0.119 e. The quantitative estimate of drug-likeness (QED) is 0.620. The van der Waals surface area contributed by atoms with Crippen molar-refractivity contribution in [2.24, 2.45) is 0 Å². The number of rotatable bonds is 9. The molecule has 0 aliphatic rings. The van der Waals surface area contributed by atoms with Crippen molar-refractivity contribution in [1.82, 2.24) is 4.90 Å². The second-order valence-corrected chi connectivity index (χ2v) is 5.41. The fourth-order valence-corrected chi connectivity index (χ4v) is 2.25. The van der Waals surface area contributed by atoms with E-state index in [1.165, 1.54) is 24.8 Å². The molecule has 0 aromatic heterocycles. The highest BCUT2D eigenvalue weighted by Crippen LogP contribution is 2.16. The number of hydrogen-bond donors (Lipinski definition) is 0. The van der Waals surface area contributed by atoms with Crippen molar-refractivity contribution in [1.29, 1.82) is 0 Å². The summed E-state index contributed by atoms with van der Waals surface area (Å²) in [5, 5.41) is 0. The molecule has 1 unspecified atom stereocenters. The second kappa shape index (κ2) is 11.0. The monoisotopic (exact) mass is 299 g/mol. The number of halogens is 1. The lowest BCUT2D eigenvalue weighted by atomic mass is 10.0. The van der Waals surface area contributed by atoms with Crippen LogP contribution in [0.15, 0.2) is 24.3 Å². The number of hydrogen-bond acceptors (Lipinski definition) is 2. The first-order valence-electron chi connectivity index (χ1n) is 7.55. The highest BCUT2D eigenvalue weighted by Gasteiger charge is 2.08. The van der Waals surface area contributed by atoms with Crippen molar-refractivity contribution in [3.8, 4) is 5.75 Å². The van der Waals surface area contributed by atoms with Gasteiger partial charge < -0.3 is 9.64 Å². The lowest BCUT2D eigenvalue weighted by molar-refractivity contribution is 0.271. The maximum atomic E-state index is 5.68. The number of unbranched alkanes of at least 4 members (excludes halogenated alkanes) is 1. The highest BCUT2D eigenvalue weighted by atomic mass is 35.5. The molecule has 0 amide bonds. The van der Waals surface area contributed by atoms with Crippen molar-refractivity contribution in [3.05, 3.63) is 29.8 Å². The van der Waals surface area contributed by atoms with Crippen LogP contribution >= 0.6 is 12.4 Å². The molecule has 0 heterocycles. The molecule has 1 atom stereocenters. The van der Waals surface area contributed by atoms with Crippen LogP contribution in [0.1, 0.15) is 45.1 Å². The third-order valence-electron chi connectivity index (χ3n) is 3.66. The third kappa shape index (κ3) is 7.16. The lowest BCUT2D eigenvalue weighted by Crippen LogP contribution is -2.27. The minimum atomic E-state index is 0.